The highest BCUT2D eigenvalue weighted by Crippen LogP contribution is 2.33. The summed E-state index contributed by atoms with van der Waals surface area (Å²) in [5.41, 5.74) is 3.82. The largest absolute Gasteiger partial charge is 0.444 e. The van der Waals surface area contributed by atoms with Gasteiger partial charge in [0.05, 0.1) is 0 Å². The molecule has 0 aromatic heterocycles. The lowest BCUT2D eigenvalue weighted by atomic mass is 9.92. The van der Waals surface area contributed by atoms with Gasteiger partial charge in [0.2, 0.25) is 5.91 Å². The van der Waals surface area contributed by atoms with Crippen molar-refractivity contribution < 1.29 is 19.1 Å². The monoisotopic (exact) mass is 551 g/mol. The summed E-state index contributed by atoms with van der Waals surface area (Å²) < 4.78 is 5.49. The average molecular weight is 552 g/mol. The molecule has 0 saturated carbocycles. The molecule has 2 aromatic carbocycles. The number of hydrogen-bond donors (Lipinski definition) is 2. The fraction of sp³-hybridized carbons (Fsp3) is 0.545. The molecule has 7 nitrogen and oxygen atoms in total. The van der Waals surface area contributed by atoms with E-state index < -0.39 is 29.3 Å². The van der Waals surface area contributed by atoms with E-state index in [2.05, 4.69) is 10.6 Å². The van der Waals surface area contributed by atoms with Gasteiger partial charge in [0, 0.05) is 11.2 Å². The van der Waals surface area contributed by atoms with E-state index in [0.717, 1.165) is 27.9 Å². The predicted molar refractivity (Wildman–Crippen MR) is 162 cm³/mol. The number of para-hydroxylation sites is 1. The van der Waals surface area contributed by atoms with Crippen molar-refractivity contribution in [1.29, 1.82) is 0 Å². The molecule has 220 valence electrons. The molecule has 2 unspecified atom stereocenters. The summed E-state index contributed by atoms with van der Waals surface area (Å²) in [6.07, 6.45) is -0.272. The van der Waals surface area contributed by atoms with Crippen molar-refractivity contribution in [3.8, 4) is 0 Å². The Labute approximate surface area is 241 Å². The van der Waals surface area contributed by atoms with E-state index in [9.17, 15) is 14.4 Å². The van der Waals surface area contributed by atoms with Crippen molar-refractivity contribution in [3.05, 3.63) is 64.2 Å². The highest BCUT2D eigenvalue weighted by Gasteiger charge is 2.42. The van der Waals surface area contributed by atoms with Crippen LogP contribution < -0.4 is 10.6 Å². The predicted octanol–water partition coefficient (Wildman–Crippen LogP) is 7.17. The minimum absolute atomic E-state index is 0.105. The lowest BCUT2D eigenvalue weighted by Gasteiger charge is -2.43. The summed E-state index contributed by atoms with van der Waals surface area (Å²) >= 11 is 0. The molecule has 0 spiro atoms. The lowest BCUT2D eigenvalue weighted by molar-refractivity contribution is -0.147. The van der Waals surface area contributed by atoms with Crippen LogP contribution in [0.15, 0.2) is 36.4 Å². The van der Waals surface area contributed by atoms with Crippen LogP contribution in [-0.2, 0) is 14.3 Å². The van der Waals surface area contributed by atoms with E-state index in [1.54, 1.807) is 25.7 Å². The third kappa shape index (κ3) is 9.10. The Bertz CT molecular complexity index is 1180. The normalized spacial score (nSPS) is 13.4. The Morgan fingerprint density at radius 3 is 1.85 bits per heavy atom. The molecule has 7 heteroatoms. The smallest absolute Gasteiger partial charge is 0.408 e. The van der Waals surface area contributed by atoms with Crippen LogP contribution in [-0.4, -0.2) is 40.0 Å². The summed E-state index contributed by atoms with van der Waals surface area (Å²) in [6, 6.07) is 9.97. The zero-order valence-electron chi connectivity index (χ0n) is 26.5. The van der Waals surface area contributed by atoms with Gasteiger partial charge in [0.1, 0.15) is 17.7 Å². The number of aryl methyl sites for hydroxylation is 4. The molecule has 0 bridgehead atoms. The van der Waals surface area contributed by atoms with Crippen molar-refractivity contribution in [2.45, 2.75) is 113 Å². The van der Waals surface area contributed by atoms with Crippen LogP contribution in [0.1, 0.15) is 95.7 Å². The van der Waals surface area contributed by atoms with Crippen molar-refractivity contribution >= 4 is 23.6 Å². The molecular weight excluding hydrogens is 502 g/mol. The fourth-order valence-electron chi connectivity index (χ4n) is 4.94. The number of nitrogens with zero attached hydrogens (tertiary/aromatic N) is 1. The van der Waals surface area contributed by atoms with E-state index >= 15 is 0 Å². The number of carbonyl (C=O) groups excluding carboxylic acids is 3. The van der Waals surface area contributed by atoms with Gasteiger partial charge in [0.25, 0.3) is 5.91 Å². The quantitative estimate of drug-likeness (QED) is 0.364. The summed E-state index contributed by atoms with van der Waals surface area (Å²) in [7, 11) is 0. The molecule has 2 rings (SSSR count). The number of nitrogens with one attached hydrogen (secondary N) is 2. The fourth-order valence-corrected chi connectivity index (χ4v) is 4.94. The van der Waals surface area contributed by atoms with Crippen molar-refractivity contribution in [3.63, 3.8) is 0 Å². The standard InChI is InChI=1S/C33H49N3O4/c1-20(2)16-26(34-31(39)40-33(10,11)12)30(38)36(32(7,8)9)28(25-18-21(3)17-22(4)19-25)29(37)35-27-23(5)14-13-15-24(27)6/h13-15,17-20,26,28H,16H2,1-12H3,(H,34,39)(H,35,37). The lowest BCUT2D eigenvalue weighted by Crippen LogP contribution is -2.58. The minimum Gasteiger partial charge on any atom is -0.444 e. The van der Waals surface area contributed by atoms with Crippen LogP contribution in [0, 0.1) is 33.6 Å². The van der Waals surface area contributed by atoms with E-state index in [0.29, 0.717) is 12.0 Å². The Morgan fingerprint density at radius 2 is 1.40 bits per heavy atom. The highest BCUT2D eigenvalue weighted by molar-refractivity contribution is 6.00. The Kier molecular flexibility index (Phi) is 10.6. The van der Waals surface area contributed by atoms with Gasteiger partial charge in [-0.25, -0.2) is 4.79 Å². The third-order valence-electron chi connectivity index (χ3n) is 6.45. The van der Waals surface area contributed by atoms with Gasteiger partial charge in [-0.1, -0.05) is 61.4 Å². The molecule has 3 amide bonds. The molecule has 0 saturated heterocycles. The number of hydrogen-bond acceptors (Lipinski definition) is 4. The number of alkyl carbamates (subject to hydrolysis) is 1. The first-order valence-corrected chi connectivity index (χ1v) is 14.1. The molecule has 2 atom stereocenters. The summed E-state index contributed by atoms with van der Waals surface area (Å²) in [4.78, 5) is 43.2. The van der Waals surface area contributed by atoms with E-state index in [1.165, 1.54) is 0 Å². The maximum absolute atomic E-state index is 14.5. The number of rotatable bonds is 8. The summed E-state index contributed by atoms with van der Waals surface area (Å²) in [5, 5.41) is 5.94. The molecule has 0 heterocycles. The van der Waals surface area contributed by atoms with E-state index in [4.69, 9.17) is 4.74 Å². The first kappa shape index (κ1) is 32.9. The second-order valence-electron chi connectivity index (χ2n) is 13.3. The number of carbonyl (C=O) groups is 3. The Balaban J connectivity index is 2.68. The van der Waals surface area contributed by atoms with Crippen LogP contribution in [0.4, 0.5) is 10.5 Å². The van der Waals surface area contributed by atoms with Gasteiger partial charge in [-0.3, -0.25) is 9.59 Å². The Hall–Kier alpha value is -3.35. The molecule has 2 aromatic rings. The zero-order chi connectivity index (χ0) is 30.6. The van der Waals surface area contributed by atoms with Gasteiger partial charge in [-0.05, 0) is 98.3 Å². The Morgan fingerprint density at radius 1 is 0.875 bits per heavy atom. The highest BCUT2D eigenvalue weighted by atomic mass is 16.6. The molecule has 0 aliphatic heterocycles. The summed E-state index contributed by atoms with van der Waals surface area (Å²) in [5.74, 6) is -0.548. The average Bonchev–Trinajstić information content (AvgIpc) is 2.75. The first-order chi connectivity index (χ1) is 18.3. The second kappa shape index (κ2) is 12.9. The molecule has 0 aliphatic carbocycles. The van der Waals surface area contributed by atoms with Crippen molar-refractivity contribution in [1.82, 2.24) is 10.2 Å². The number of ether oxygens (including phenoxy) is 1. The number of amides is 3. The van der Waals surface area contributed by atoms with E-state index in [1.807, 2.05) is 98.7 Å². The third-order valence-corrected chi connectivity index (χ3v) is 6.45. The number of anilines is 1. The molecular formula is C33H49N3O4. The number of benzene rings is 2. The van der Waals surface area contributed by atoms with Gasteiger partial charge in [-0.15, -0.1) is 0 Å². The van der Waals surface area contributed by atoms with Gasteiger partial charge >= 0.3 is 6.09 Å². The SMILES string of the molecule is Cc1cc(C)cc(C(C(=O)Nc2c(C)cccc2C)N(C(=O)C(CC(C)C)NC(=O)OC(C)(C)C)C(C)(C)C)c1. The maximum Gasteiger partial charge on any atom is 0.408 e. The topological polar surface area (TPSA) is 87.7 Å². The van der Waals surface area contributed by atoms with Crippen LogP contribution in [0.25, 0.3) is 0 Å². The van der Waals surface area contributed by atoms with Gasteiger partial charge in [0.15, 0.2) is 0 Å². The second-order valence-corrected chi connectivity index (χ2v) is 13.3. The first-order valence-electron chi connectivity index (χ1n) is 14.1. The molecule has 40 heavy (non-hydrogen) atoms. The van der Waals surface area contributed by atoms with Crippen LogP contribution in [0.3, 0.4) is 0 Å². The molecule has 0 fully saturated rings. The molecule has 0 radical (unpaired) electrons. The minimum atomic E-state index is -0.944. The zero-order valence-corrected chi connectivity index (χ0v) is 26.5. The van der Waals surface area contributed by atoms with Gasteiger partial charge < -0.3 is 20.3 Å². The van der Waals surface area contributed by atoms with Crippen LogP contribution in [0.5, 0.6) is 0 Å². The van der Waals surface area contributed by atoms with E-state index in [-0.39, 0.29) is 17.7 Å². The van der Waals surface area contributed by atoms with Gasteiger partial charge in [-0.2, -0.15) is 0 Å². The molecule has 2 N–H and O–H groups in total. The van der Waals surface area contributed by atoms with Crippen molar-refractivity contribution in [2.24, 2.45) is 5.92 Å². The van der Waals surface area contributed by atoms with Crippen LogP contribution >= 0.6 is 0 Å². The molecule has 0 aliphatic rings. The maximum atomic E-state index is 14.5. The van der Waals surface area contributed by atoms with Crippen molar-refractivity contribution in [2.75, 3.05) is 5.32 Å². The summed E-state index contributed by atoms with van der Waals surface area (Å²) in [6.45, 7) is 22.9. The van der Waals surface area contributed by atoms with Crippen LogP contribution in [0.2, 0.25) is 0 Å².